The largest absolute Gasteiger partial charge is 0.489 e. The highest BCUT2D eigenvalue weighted by molar-refractivity contribution is 5.98. The second-order valence-electron chi connectivity index (χ2n) is 5.17. The molecule has 4 rings (SSSR count). The van der Waals surface area contributed by atoms with E-state index in [9.17, 15) is 0 Å². The number of anilines is 1. The molecule has 0 amide bonds. The van der Waals surface area contributed by atoms with Gasteiger partial charge in [-0.3, -0.25) is 0 Å². The normalized spacial score (nSPS) is 17.1. The van der Waals surface area contributed by atoms with E-state index in [1.807, 2.05) is 24.3 Å². The minimum absolute atomic E-state index is 0.146. The summed E-state index contributed by atoms with van der Waals surface area (Å²) in [4.78, 5) is 0. The Bertz CT molecular complexity index is 793. The lowest BCUT2D eigenvalue weighted by Gasteiger charge is -2.08. The van der Waals surface area contributed by atoms with Crippen molar-refractivity contribution in [3.8, 4) is 16.9 Å². The van der Waals surface area contributed by atoms with E-state index in [1.54, 1.807) is 0 Å². The standard InChI is InChI=1S/C16H14N2O2/c1-9-7-12-11(10-5-3-2-4-6-10)8-13-14(15(12)19-9)16(17)18-20-13/h2-6,8-9H,7H2,1H3,(H2,17,18). The molecule has 20 heavy (non-hydrogen) atoms. The number of hydrogen-bond acceptors (Lipinski definition) is 4. The molecule has 0 saturated carbocycles. The lowest BCUT2D eigenvalue weighted by molar-refractivity contribution is 0.257. The Labute approximate surface area is 116 Å². The first kappa shape index (κ1) is 11.3. The molecule has 1 aliphatic heterocycles. The van der Waals surface area contributed by atoms with E-state index >= 15 is 0 Å². The molecule has 4 nitrogen and oxygen atoms in total. The third kappa shape index (κ3) is 1.51. The van der Waals surface area contributed by atoms with Gasteiger partial charge in [0.25, 0.3) is 0 Å². The number of nitrogens with zero attached hydrogens (tertiary/aromatic N) is 1. The zero-order valence-electron chi connectivity index (χ0n) is 11.1. The first-order valence-electron chi connectivity index (χ1n) is 6.67. The van der Waals surface area contributed by atoms with Gasteiger partial charge in [0.15, 0.2) is 11.4 Å². The molecular formula is C16H14N2O2. The van der Waals surface area contributed by atoms with Crippen molar-refractivity contribution in [3.63, 3.8) is 0 Å². The van der Waals surface area contributed by atoms with Crippen molar-refractivity contribution in [3.05, 3.63) is 42.0 Å². The highest BCUT2D eigenvalue weighted by Gasteiger charge is 2.28. The topological polar surface area (TPSA) is 61.3 Å². The number of benzene rings is 2. The van der Waals surface area contributed by atoms with Crippen LogP contribution in [-0.2, 0) is 6.42 Å². The summed E-state index contributed by atoms with van der Waals surface area (Å²) in [5.74, 6) is 1.22. The molecule has 4 heteroatoms. The van der Waals surface area contributed by atoms with Gasteiger partial charge in [0, 0.05) is 12.0 Å². The molecule has 1 atom stereocenters. The Hall–Kier alpha value is -2.49. The smallest absolute Gasteiger partial charge is 0.178 e. The maximum Gasteiger partial charge on any atom is 0.178 e. The van der Waals surface area contributed by atoms with Crippen molar-refractivity contribution in [1.29, 1.82) is 0 Å². The van der Waals surface area contributed by atoms with Crippen LogP contribution in [0.5, 0.6) is 5.75 Å². The zero-order chi connectivity index (χ0) is 13.7. The van der Waals surface area contributed by atoms with Crippen molar-refractivity contribution >= 4 is 16.8 Å². The van der Waals surface area contributed by atoms with Crippen LogP contribution in [0.25, 0.3) is 22.1 Å². The predicted molar refractivity (Wildman–Crippen MR) is 77.7 cm³/mol. The average molecular weight is 266 g/mol. The summed E-state index contributed by atoms with van der Waals surface area (Å²) < 4.78 is 11.3. The van der Waals surface area contributed by atoms with Gasteiger partial charge in [0.05, 0.1) is 0 Å². The Balaban J connectivity index is 2.06. The molecule has 2 N–H and O–H groups in total. The van der Waals surface area contributed by atoms with Crippen molar-refractivity contribution < 1.29 is 9.26 Å². The Kier molecular flexibility index (Phi) is 2.27. The molecule has 0 aliphatic carbocycles. The fourth-order valence-electron chi connectivity index (χ4n) is 2.87. The molecule has 1 aromatic heterocycles. The first-order valence-corrected chi connectivity index (χ1v) is 6.67. The maximum atomic E-state index is 5.94. The molecule has 2 heterocycles. The third-order valence-corrected chi connectivity index (χ3v) is 3.74. The van der Waals surface area contributed by atoms with Gasteiger partial charge in [0.1, 0.15) is 17.2 Å². The van der Waals surface area contributed by atoms with Crippen LogP contribution in [0.1, 0.15) is 12.5 Å². The van der Waals surface area contributed by atoms with Gasteiger partial charge in [0.2, 0.25) is 0 Å². The summed E-state index contributed by atoms with van der Waals surface area (Å²) in [7, 11) is 0. The van der Waals surface area contributed by atoms with Gasteiger partial charge >= 0.3 is 0 Å². The molecule has 0 radical (unpaired) electrons. The van der Waals surface area contributed by atoms with Gasteiger partial charge < -0.3 is 15.0 Å². The van der Waals surface area contributed by atoms with E-state index in [0.717, 1.165) is 28.7 Å². The third-order valence-electron chi connectivity index (χ3n) is 3.74. The lowest BCUT2D eigenvalue weighted by atomic mass is 9.95. The van der Waals surface area contributed by atoms with E-state index in [-0.39, 0.29) is 6.10 Å². The zero-order valence-corrected chi connectivity index (χ0v) is 11.1. The fourth-order valence-corrected chi connectivity index (χ4v) is 2.87. The fraction of sp³-hybridized carbons (Fsp3) is 0.188. The number of aromatic nitrogens is 1. The minimum Gasteiger partial charge on any atom is -0.489 e. The number of nitrogens with two attached hydrogens (primary N) is 1. The van der Waals surface area contributed by atoms with E-state index in [4.69, 9.17) is 15.0 Å². The summed E-state index contributed by atoms with van der Waals surface area (Å²) in [5.41, 5.74) is 10.0. The molecule has 1 unspecified atom stereocenters. The molecule has 3 aromatic rings. The van der Waals surface area contributed by atoms with Gasteiger partial charge in [-0.15, -0.1) is 0 Å². The molecule has 0 spiro atoms. The summed E-state index contributed by atoms with van der Waals surface area (Å²) in [6.07, 6.45) is 1.02. The Morgan fingerprint density at radius 3 is 2.85 bits per heavy atom. The van der Waals surface area contributed by atoms with Crippen molar-refractivity contribution in [1.82, 2.24) is 5.16 Å². The van der Waals surface area contributed by atoms with E-state index in [1.165, 1.54) is 5.56 Å². The molecule has 0 saturated heterocycles. The Morgan fingerprint density at radius 2 is 2.05 bits per heavy atom. The molecule has 2 aromatic carbocycles. The van der Waals surface area contributed by atoms with Crippen LogP contribution in [0, 0.1) is 0 Å². The van der Waals surface area contributed by atoms with Crippen LogP contribution >= 0.6 is 0 Å². The number of fused-ring (bicyclic) bond motifs is 3. The molecule has 1 aliphatic rings. The van der Waals surface area contributed by atoms with Crippen molar-refractivity contribution in [2.45, 2.75) is 19.4 Å². The summed E-state index contributed by atoms with van der Waals surface area (Å²) in [6, 6.07) is 12.2. The van der Waals surface area contributed by atoms with Gasteiger partial charge in [-0.25, -0.2) is 0 Å². The van der Waals surface area contributed by atoms with Crippen LogP contribution < -0.4 is 10.5 Å². The average Bonchev–Trinajstić information content (AvgIpc) is 3.01. The highest BCUT2D eigenvalue weighted by atomic mass is 16.5. The van der Waals surface area contributed by atoms with E-state index < -0.39 is 0 Å². The first-order chi connectivity index (χ1) is 9.74. The molecule has 100 valence electrons. The molecule has 0 bridgehead atoms. The van der Waals surface area contributed by atoms with Crippen LogP contribution in [0.4, 0.5) is 5.82 Å². The number of nitrogen functional groups attached to an aromatic ring is 1. The van der Waals surface area contributed by atoms with Gasteiger partial charge in [-0.2, -0.15) is 0 Å². The SMILES string of the molecule is CC1Cc2c(-c3ccccc3)cc3onc(N)c3c2O1. The van der Waals surface area contributed by atoms with Gasteiger partial charge in [-0.1, -0.05) is 35.5 Å². The minimum atomic E-state index is 0.146. The quantitative estimate of drug-likeness (QED) is 0.733. The van der Waals surface area contributed by atoms with Crippen molar-refractivity contribution in [2.24, 2.45) is 0 Å². The van der Waals surface area contributed by atoms with Crippen LogP contribution in [0.15, 0.2) is 40.9 Å². The number of ether oxygens (including phenoxy) is 1. The highest BCUT2D eigenvalue weighted by Crippen LogP contribution is 2.44. The summed E-state index contributed by atoms with van der Waals surface area (Å²) in [6.45, 7) is 2.06. The van der Waals surface area contributed by atoms with E-state index in [2.05, 4.69) is 24.2 Å². The monoisotopic (exact) mass is 266 g/mol. The summed E-state index contributed by atoms with van der Waals surface area (Å²) >= 11 is 0. The number of rotatable bonds is 1. The van der Waals surface area contributed by atoms with Gasteiger partial charge in [-0.05, 0) is 24.1 Å². The predicted octanol–water partition coefficient (Wildman–Crippen LogP) is 3.40. The maximum absolute atomic E-state index is 5.94. The second-order valence-corrected chi connectivity index (χ2v) is 5.17. The Morgan fingerprint density at radius 1 is 1.25 bits per heavy atom. The van der Waals surface area contributed by atoms with Crippen molar-refractivity contribution in [2.75, 3.05) is 5.73 Å². The lowest BCUT2D eigenvalue weighted by Crippen LogP contribution is -2.05. The summed E-state index contributed by atoms with van der Waals surface area (Å²) in [5, 5.41) is 4.65. The van der Waals surface area contributed by atoms with Crippen LogP contribution in [0.2, 0.25) is 0 Å². The second kappa shape index (κ2) is 4.00. The molecular weight excluding hydrogens is 252 g/mol. The van der Waals surface area contributed by atoms with E-state index in [0.29, 0.717) is 11.4 Å². The number of hydrogen-bond donors (Lipinski definition) is 1. The van der Waals surface area contributed by atoms with Crippen LogP contribution in [0.3, 0.4) is 0 Å². The molecule has 0 fully saturated rings. The van der Waals surface area contributed by atoms with Crippen LogP contribution in [-0.4, -0.2) is 11.3 Å².